The van der Waals surface area contributed by atoms with Gasteiger partial charge in [0, 0.05) is 44.3 Å². The van der Waals surface area contributed by atoms with Crippen LogP contribution in [-0.2, 0) is 4.74 Å². The Kier molecular flexibility index (Phi) is 5.86. The van der Waals surface area contributed by atoms with Gasteiger partial charge >= 0.3 is 0 Å². The smallest absolute Gasteiger partial charge is 0.224 e. The predicted octanol–water partition coefficient (Wildman–Crippen LogP) is 0.915. The molecule has 0 saturated carbocycles. The van der Waals surface area contributed by atoms with Crippen LogP contribution >= 0.6 is 0 Å². The van der Waals surface area contributed by atoms with E-state index < -0.39 is 0 Å². The van der Waals surface area contributed by atoms with Gasteiger partial charge in [0.15, 0.2) is 0 Å². The molecule has 2 saturated heterocycles. The Morgan fingerprint density at radius 2 is 2.08 bits per heavy atom. The second-order valence-corrected chi connectivity index (χ2v) is 6.87. The maximum absolute atomic E-state index is 9.05. The molecule has 2 N–H and O–H groups in total. The van der Waals surface area contributed by atoms with E-state index in [1.54, 1.807) is 0 Å². The van der Waals surface area contributed by atoms with Crippen molar-refractivity contribution in [3.8, 4) is 0 Å². The quantitative estimate of drug-likeness (QED) is 0.800. The molecule has 0 radical (unpaired) electrons. The molecule has 0 amide bonds. The first-order chi connectivity index (χ1) is 11.7. The third-order valence-corrected chi connectivity index (χ3v) is 4.99. The van der Waals surface area contributed by atoms with Crippen molar-refractivity contribution >= 4 is 11.8 Å². The number of anilines is 2. The zero-order valence-electron chi connectivity index (χ0n) is 14.7. The number of ether oxygens (including phenoxy) is 1. The molecule has 3 rings (SSSR count). The fraction of sp³-hybridized carbons (Fsp3) is 0.765. The number of aliphatic hydroxyl groups excluding tert-OH is 1. The molecule has 24 heavy (non-hydrogen) atoms. The number of aliphatic hydroxyl groups is 1. The summed E-state index contributed by atoms with van der Waals surface area (Å²) in [5.74, 6) is 1.95. The molecular formula is C17H29N5O2. The van der Waals surface area contributed by atoms with E-state index >= 15 is 0 Å². The van der Waals surface area contributed by atoms with Gasteiger partial charge in [-0.2, -0.15) is 4.98 Å². The minimum Gasteiger partial charge on any atom is -0.395 e. The highest BCUT2D eigenvalue weighted by Gasteiger charge is 2.25. The molecule has 2 fully saturated rings. The van der Waals surface area contributed by atoms with Crippen molar-refractivity contribution in [3.63, 3.8) is 0 Å². The van der Waals surface area contributed by atoms with Crippen molar-refractivity contribution in [2.24, 2.45) is 0 Å². The SMILES string of the molecule is CN(C)C1CCN(c2cc([C@H]3CCOC3)nc(NCCO)n2)CC1. The Hall–Kier alpha value is -1.44. The van der Waals surface area contributed by atoms with Gasteiger partial charge in [-0.05, 0) is 33.4 Å². The zero-order valence-corrected chi connectivity index (χ0v) is 14.7. The number of nitrogens with zero attached hydrogens (tertiary/aromatic N) is 4. The molecule has 0 bridgehead atoms. The van der Waals surface area contributed by atoms with E-state index in [0.717, 1.165) is 57.1 Å². The van der Waals surface area contributed by atoms with Crippen molar-refractivity contribution in [2.75, 3.05) is 63.8 Å². The number of hydrogen-bond donors (Lipinski definition) is 2. The van der Waals surface area contributed by atoms with Crippen molar-refractivity contribution < 1.29 is 9.84 Å². The lowest BCUT2D eigenvalue weighted by atomic mass is 10.0. The molecule has 2 aliphatic rings. The van der Waals surface area contributed by atoms with Crippen molar-refractivity contribution in [1.82, 2.24) is 14.9 Å². The lowest BCUT2D eigenvalue weighted by molar-refractivity contribution is 0.193. The van der Waals surface area contributed by atoms with Crippen LogP contribution in [-0.4, -0.2) is 79.6 Å². The van der Waals surface area contributed by atoms with Crippen molar-refractivity contribution in [1.29, 1.82) is 0 Å². The van der Waals surface area contributed by atoms with Crippen LogP contribution in [0.25, 0.3) is 0 Å². The first kappa shape index (κ1) is 17.4. The van der Waals surface area contributed by atoms with E-state index in [0.29, 0.717) is 24.5 Å². The average molecular weight is 335 g/mol. The summed E-state index contributed by atoms with van der Waals surface area (Å²) < 4.78 is 5.52. The summed E-state index contributed by atoms with van der Waals surface area (Å²) in [4.78, 5) is 14.0. The Morgan fingerprint density at radius 1 is 1.29 bits per heavy atom. The summed E-state index contributed by atoms with van der Waals surface area (Å²) in [5.41, 5.74) is 1.05. The van der Waals surface area contributed by atoms with E-state index in [-0.39, 0.29) is 6.61 Å². The van der Waals surface area contributed by atoms with Gasteiger partial charge in [-0.1, -0.05) is 0 Å². The molecule has 1 aromatic heterocycles. The minimum absolute atomic E-state index is 0.0731. The molecular weight excluding hydrogens is 306 g/mol. The molecule has 3 heterocycles. The Balaban J connectivity index is 1.76. The van der Waals surface area contributed by atoms with Crippen molar-refractivity contribution in [2.45, 2.75) is 31.2 Å². The summed E-state index contributed by atoms with van der Waals surface area (Å²) in [7, 11) is 4.31. The highest BCUT2D eigenvalue weighted by atomic mass is 16.5. The lowest BCUT2D eigenvalue weighted by Gasteiger charge is -2.36. The molecule has 134 valence electrons. The van der Waals surface area contributed by atoms with E-state index in [9.17, 15) is 0 Å². The van der Waals surface area contributed by atoms with Gasteiger partial charge in [-0.3, -0.25) is 0 Å². The third-order valence-electron chi connectivity index (χ3n) is 4.99. The van der Waals surface area contributed by atoms with Gasteiger partial charge in [-0.25, -0.2) is 4.98 Å². The van der Waals surface area contributed by atoms with E-state index in [1.165, 1.54) is 0 Å². The van der Waals surface area contributed by atoms with Gasteiger partial charge < -0.3 is 25.0 Å². The van der Waals surface area contributed by atoms with Crippen LogP contribution in [0, 0.1) is 0 Å². The molecule has 0 spiro atoms. The second kappa shape index (κ2) is 8.09. The standard InChI is InChI=1S/C17H29N5O2/c1-21(2)14-3-7-22(8-4-14)16-11-15(13-5-10-24-12-13)19-17(20-16)18-6-9-23/h11,13-14,23H,3-10,12H2,1-2H3,(H,18,19,20)/t13-/m0/s1. The molecule has 7 heteroatoms. The van der Waals surface area contributed by atoms with Gasteiger partial charge in [-0.15, -0.1) is 0 Å². The summed E-state index contributed by atoms with van der Waals surface area (Å²) in [5, 5.41) is 12.2. The van der Waals surface area contributed by atoms with E-state index in [2.05, 4.69) is 45.2 Å². The minimum atomic E-state index is 0.0731. The fourth-order valence-electron chi connectivity index (χ4n) is 3.45. The monoisotopic (exact) mass is 335 g/mol. The summed E-state index contributed by atoms with van der Waals surface area (Å²) in [6.07, 6.45) is 3.31. The summed E-state index contributed by atoms with van der Waals surface area (Å²) in [6, 6.07) is 2.78. The maximum Gasteiger partial charge on any atom is 0.224 e. The molecule has 0 aliphatic carbocycles. The number of nitrogens with one attached hydrogen (secondary N) is 1. The van der Waals surface area contributed by atoms with Crippen LogP contribution in [0.1, 0.15) is 30.9 Å². The Labute approximate surface area is 144 Å². The molecule has 0 aromatic carbocycles. The van der Waals surface area contributed by atoms with Crippen LogP contribution < -0.4 is 10.2 Å². The van der Waals surface area contributed by atoms with Gasteiger partial charge in [0.05, 0.1) is 18.9 Å². The normalized spacial score (nSPS) is 22.3. The molecule has 1 atom stereocenters. The molecule has 1 aromatic rings. The van der Waals surface area contributed by atoms with Crippen LogP contribution in [0.2, 0.25) is 0 Å². The summed E-state index contributed by atoms with van der Waals surface area (Å²) >= 11 is 0. The van der Waals surface area contributed by atoms with Crippen LogP contribution in [0.5, 0.6) is 0 Å². The van der Waals surface area contributed by atoms with Gasteiger partial charge in [0.2, 0.25) is 5.95 Å². The molecule has 7 nitrogen and oxygen atoms in total. The number of piperidine rings is 1. The van der Waals surface area contributed by atoms with E-state index in [1.807, 2.05) is 0 Å². The molecule has 0 unspecified atom stereocenters. The Morgan fingerprint density at radius 3 is 2.71 bits per heavy atom. The summed E-state index contributed by atoms with van der Waals surface area (Å²) in [6.45, 7) is 4.10. The lowest BCUT2D eigenvalue weighted by Crippen LogP contribution is -2.42. The predicted molar refractivity (Wildman–Crippen MR) is 94.7 cm³/mol. The van der Waals surface area contributed by atoms with Crippen LogP contribution in [0.15, 0.2) is 6.07 Å². The molecule has 2 aliphatic heterocycles. The van der Waals surface area contributed by atoms with E-state index in [4.69, 9.17) is 9.84 Å². The first-order valence-corrected chi connectivity index (χ1v) is 8.90. The van der Waals surface area contributed by atoms with Crippen molar-refractivity contribution in [3.05, 3.63) is 11.8 Å². The third kappa shape index (κ3) is 4.15. The maximum atomic E-state index is 9.05. The first-order valence-electron chi connectivity index (χ1n) is 8.90. The largest absolute Gasteiger partial charge is 0.395 e. The highest BCUT2D eigenvalue weighted by molar-refractivity contribution is 5.46. The zero-order chi connectivity index (χ0) is 16.9. The fourth-order valence-corrected chi connectivity index (χ4v) is 3.45. The number of rotatable bonds is 6. The Bertz CT molecular complexity index is 526. The number of hydrogen-bond acceptors (Lipinski definition) is 7. The second-order valence-electron chi connectivity index (χ2n) is 6.87. The topological polar surface area (TPSA) is 73.8 Å². The highest BCUT2D eigenvalue weighted by Crippen LogP contribution is 2.28. The number of aromatic nitrogens is 2. The van der Waals surface area contributed by atoms with Gasteiger partial charge in [0.25, 0.3) is 0 Å². The van der Waals surface area contributed by atoms with Gasteiger partial charge in [0.1, 0.15) is 5.82 Å². The van der Waals surface area contributed by atoms with Crippen LogP contribution in [0.3, 0.4) is 0 Å². The van der Waals surface area contributed by atoms with Crippen LogP contribution in [0.4, 0.5) is 11.8 Å². The average Bonchev–Trinajstić information content (AvgIpc) is 3.14.